The average Bonchev–Trinajstić information content (AvgIpc) is 2.39. The molecule has 0 aliphatic carbocycles. The predicted octanol–water partition coefficient (Wildman–Crippen LogP) is 1.84. The maximum absolute atomic E-state index is 11.2. The van der Waals surface area contributed by atoms with Gasteiger partial charge in [-0.05, 0) is 13.8 Å². The molecular formula is C13H22N4O2. The van der Waals surface area contributed by atoms with Gasteiger partial charge in [0.1, 0.15) is 17.5 Å². The molecule has 0 spiro atoms. The lowest BCUT2D eigenvalue weighted by atomic mass is 10.4. The summed E-state index contributed by atoms with van der Waals surface area (Å²) in [5.74, 6) is 2.10. The van der Waals surface area contributed by atoms with Gasteiger partial charge in [-0.2, -0.15) is 0 Å². The van der Waals surface area contributed by atoms with Crippen molar-refractivity contribution in [2.24, 2.45) is 0 Å². The van der Waals surface area contributed by atoms with Crippen LogP contribution in [-0.4, -0.2) is 35.6 Å². The lowest BCUT2D eigenvalue weighted by molar-refractivity contribution is -0.142. The molecule has 0 aliphatic heterocycles. The molecule has 1 rings (SSSR count). The van der Waals surface area contributed by atoms with Crippen LogP contribution in [0.5, 0.6) is 0 Å². The highest BCUT2D eigenvalue weighted by Gasteiger charge is 2.04. The number of carbonyl (C=O) groups excluding carboxylic acids is 1. The fourth-order valence-electron chi connectivity index (χ4n) is 1.54. The van der Waals surface area contributed by atoms with Gasteiger partial charge in [-0.1, -0.05) is 6.92 Å². The maximum atomic E-state index is 11.2. The van der Waals surface area contributed by atoms with E-state index in [0.717, 1.165) is 30.4 Å². The minimum atomic E-state index is -0.202. The number of aromatic nitrogens is 2. The van der Waals surface area contributed by atoms with Crippen LogP contribution in [0.15, 0.2) is 6.07 Å². The number of nitrogens with zero attached hydrogens (tertiary/aromatic N) is 2. The van der Waals surface area contributed by atoms with Gasteiger partial charge in [0.2, 0.25) is 0 Å². The van der Waals surface area contributed by atoms with Crippen molar-refractivity contribution in [3.8, 4) is 0 Å². The highest BCUT2D eigenvalue weighted by atomic mass is 16.5. The minimum absolute atomic E-state index is 0.202. The van der Waals surface area contributed by atoms with E-state index < -0.39 is 0 Å². The van der Waals surface area contributed by atoms with Gasteiger partial charge in [0, 0.05) is 25.6 Å². The first-order chi connectivity index (χ1) is 9.19. The molecule has 0 saturated heterocycles. The van der Waals surface area contributed by atoms with E-state index in [-0.39, 0.29) is 5.97 Å². The Morgan fingerprint density at radius 1 is 1.21 bits per heavy atom. The summed E-state index contributed by atoms with van der Waals surface area (Å²) in [6.45, 7) is 7.55. The van der Waals surface area contributed by atoms with E-state index >= 15 is 0 Å². The van der Waals surface area contributed by atoms with Crippen LogP contribution in [0.3, 0.4) is 0 Å². The SMILES string of the molecule is CCNc1cc(NCCC(=O)OCC)nc(CC)n1. The molecule has 0 unspecified atom stereocenters. The lowest BCUT2D eigenvalue weighted by Gasteiger charge is -2.09. The highest BCUT2D eigenvalue weighted by molar-refractivity contribution is 5.70. The van der Waals surface area contributed by atoms with Crippen LogP contribution in [0.1, 0.15) is 33.0 Å². The van der Waals surface area contributed by atoms with Crippen LogP contribution in [0.4, 0.5) is 11.6 Å². The standard InChI is InChI=1S/C13H22N4O2/c1-4-10-16-11(14-5-2)9-12(17-10)15-8-7-13(18)19-6-3/h9H,4-8H2,1-3H3,(H2,14,15,16,17). The predicted molar refractivity (Wildman–Crippen MR) is 75.3 cm³/mol. The van der Waals surface area contributed by atoms with Gasteiger partial charge < -0.3 is 15.4 Å². The largest absolute Gasteiger partial charge is 0.466 e. The number of ether oxygens (including phenoxy) is 1. The van der Waals surface area contributed by atoms with Gasteiger partial charge in [-0.15, -0.1) is 0 Å². The molecule has 0 radical (unpaired) electrons. The van der Waals surface area contributed by atoms with Crippen molar-refractivity contribution in [1.29, 1.82) is 0 Å². The van der Waals surface area contributed by atoms with E-state index in [4.69, 9.17) is 4.74 Å². The zero-order chi connectivity index (χ0) is 14.1. The molecule has 0 atom stereocenters. The Labute approximate surface area is 114 Å². The van der Waals surface area contributed by atoms with Crippen LogP contribution < -0.4 is 10.6 Å². The molecule has 6 heteroatoms. The summed E-state index contributed by atoms with van der Waals surface area (Å²) in [5.41, 5.74) is 0. The fourth-order valence-corrected chi connectivity index (χ4v) is 1.54. The Balaban J connectivity index is 2.56. The van der Waals surface area contributed by atoms with Gasteiger partial charge in [0.05, 0.1) is 13.0 Å². The Morgan fingerprint density at radius 3 is 2.47 bits per heavy atom. The lowest BCUT2D eigenvalue weighted by Crippen LogP contribution is -2.13. The van der Waals surface area contributed by atoms with Crippen LogP contribution >= 0.6 is 0 Å². The van der Waals surface area contributed by atoms with Crippen LogP contribution in [-0.2, 0) is 16.0 Å². The maximum Gasteiger partial charge on any atom is 0.307 e. The van der Waals surface area contributed by atoms with Crippen molar-refractivity contribution in [3.05, 3.63) is 11.9 Å². The van der Waals surface area contributed by atoms with E-state index in [2.05, 4.69) is 20.6 Å². The highest BCUT2D eigenvalue weighted by Crippen LogP contribution is 2.11. The third kappa shape index (κ3) is 5.54. The zero-order valence-corrected chi connectivity index (χ0v) is 11.8. The van der Waals surface area contributed by atoms with E-state index in [1.807, 2.05) is 19.9 Å². The molecule has 0 amide bonds. The van der Waals surface area contributed by atoms with Crippen LogP contribution in [0.25, 0.3) is 0 Å². The number of nitrogens with one attached hydrogen (secondary N) is 2. The fraction of sp³-hybridized carbons (Fsp3) is 0.615. The van der Waals surface area contributed by atoms with Crippen molar-refractivity contribution >= 4 is 17.6 Å². The minimum Gasteiger partial charge on any atom is -0.466 e. The Hall–Kier alpha value is -1.85. The number of carbonyl (C=O) groups is 1. The molecule has 0 aliphatic rings. The van der Waals surface area contributed by atoms with Crippen molar-refractivity contribution < 1.29 is 9.53 Å². The number of anilines is 2. The second-order valence-electron chi connectivity index (χ2n) is 3.92. The number of esters is 1. The van der Waals surface area contributed by atoms with Crippen molar-refractivity contribution in [1.82, 2.24) is 9.97 Å². The molecule has 2 N–H and O–H groups in total. The van der Waals surface area contributed by atoms with Crippen molar-refractivity contribution in [3.63, 3.8) is 0 Å². The van der Waals surface area contributed by atoms with Crippen molar-refractivity contribution in [2.75, 3.05) is 30.3 Å². The molecule has 1 aromatic heterocycles. The second-order valence-corrected chi connectivity index (χ2v) is 3.92. The normalized spacial score (nSPS) is 10.1. The molecule has 0 fully saturated rings. The first kappa shape index (κ1) is 15.2. The van der Waals surface area contributed by atoms with Gasteiger partial charge in [0.15, 0.2) is 0 Å². The van der Waals surface area contributed by atoms with E-state index in [9.17, 15) is 4.79 Å². The molecular weight excluding hydrogens is 244 g/mol. The molecule has 1 heterocycles. The first-order valence-electron chi connectivity index (χ1n) is 6.70. The third-order valence-corrected chi connectivity index (χ3v) is 2.39. The molecule has 19 heavy (non-hydrogen) atoms. The van der Waals surface area contributed by atoms with Gasteiger partial charge in [-0.3, -0.25) is 4.79 Å². The molecule has 106 valence electrons. The molecule has 1 aromatic rings. The van der Waals surface area contributed by atoms with Crippen LogP contribution in [0, 0.1) is 0 Å². The molecule has 0 bridgehead atoms. The Bertz CT molecular complexity index is 410. The van der Waals surface area contributed by atoms with Gasteiger partial charge >= 0.3 is 5.97 Å². The summed E-state index contributed by atoms with van der Waals surface area (Å²) in [5, 5.41) is 6.27. The summed E-state index contributed by atoms with van der Waals surface area (Å²) in [6.07, 6.45) is 1.10. The summed E-state index contributed by atoms with van der Waals surface area (Å²) >= 11 is 0. The number of hydrogen-bond donors (Lipinski definition) is 2. The monoisotopic (exact) mass is 266 g/mol. The molecule has 0 saturated carbocycles. The first-order valence-corrected chi connectivity index (χ1v) is 6.70. The smallest absolute Gasteiger partial charge is 0.307 e. The van der Waals surface area contributed by atoms with E-state index in [0.29, 0.717) is 19.6 Å². The Morgan fingerprint density at radius 2 is 1.89 bits per heavy atom. The number of rotatable bonds is 8. The van der Waals surface area contributed by atoms with Gasteiger partial charge in [0.25, 0.3) is 0 Å². The average molecular weight is 266 g/mol. The summed E-state index contributed by atoms with van der Waals surface area (Å²) in [6, 6.07) is 1.84. The zero-order valence-electron chi connectivity index (χ0n) is 11.8. The third-order valence-electron chi connectivity index (χ3n) is 2.39. The Kier molecular flexibility index (Phi) is 6.63. The topological polar surface area (TPSA) is 76.1 Å². The van der Waals surface area contributed by atoms with Gasteiger partial charge in [-0.25, -0.2) is 9.97 Å². The summed E-state index contributed by atoms with van der Waals surface area (Å²) in [7, 11) is 0. The summed E-state index contributed by atoms with van der Waals surface area (Å²) < 4.78 is 4.86. The van der Waals surface area contributed by atoms with E-state index in [1.165, 1.54) is 0 Å². The summed E-state index contributed by atoms with van der Waals surface area (Å²) in [4.78, 5) is 19.9. The number of hydrogen-bond acceptors (Lipinski definition) is 6. The quantitative estimate of drug-likeness (QED) is 0.699. The molecule has 0 aromatic carbocycles. The number of aryl methyl sites for hydroxylation is 1. The second kappa shape index (κ2) is 8.29. The van der Waals surface area contributed by atoms with Crippen molar-refractivity contribution in [2.45, 2.75) is 33.6 Å². The van der Waals surface area contributed by atoms with Crippen LogP contribution in [0.2, 0.25) is 0 Å². The molecule has 6 nitrogen and oxygen atoms in total. The van der Waals surface area contributed by atoms with E-state index in [1.54, 1.807) is 6.92 Å².